The summed E-state index contributed by atoms with van der Waals surface area (Å²) in [5, 5.41) is 5.00. The van der Waals surface area contributed by atoms with E-state index >= 15 is 0 Å². The van der Waals surface area contributed by atoms with E-state index < -0.39 is 5.97 Å². The summed E-state index contributed by atoms with van der Waals surface area (Å²) >= 11 is 0. The number of hydrogen-bond donors (Lipinski definition) is 0. The van der Waals surface area contributed by atoms with Gasteiger partial charge in [0.1, 0.15) is 0 Å². The van der Waals surface area contributed by atoms with Gasteiger partial charge in [-0.1, -0.05) is 13.8 Å². The number of carbonyl (C=O) groups is 2. The molecule has 2 rings (SSSR count). The second kappa shape index (κ2) is 8.29. The maximum atomic E-state index is 12.7. The van der Waals surface area contributed by atoms with Gasteiger partial charge in [-0.2, -0.15) is 5.10 Å². The van der Waals surface area contributed by atoms with Crippen LogP contribution in [-0.2, 0) is 9.53 Å². The molecule has 142 valence electrons. The zero-order valence-corrected chi connectivity index (χ0v) is 16.4. The third kappa shape index (κ3) is 4.03. The summed E-state index contributed by atoms with van der Waals surface area (Å²) in [6.07, 6.45) is 1.63. The van der Waals surface area contributed by atoms with Gasteiger partial charge in [0.05, 0.1) is 17.1 Å². The lowest BCUT2D eigenvalue weighted by atomic mass is 10.1. The monoisotopic (exact) mass is 360 g/mol. The number of likely N-dealkylation sites (N-methyl/N-ethyl adjacent to an activating group) is 1. The van der Waals surface area contributed by atoms with Crippen LogP contribution in [0.2, 0.25) is 0 Å². The quantitative estimate of drug-likeness (QED) is 0.709. The number of aromatic nitrogens is 3. The Morgan fingerprint density at radius 2 is 1.85 bits per heavy atom. The Bertz CT molecular complexity index is 791. The van der Waals surface area contributed by atoms with Gasteiger partial charge in [-0.15, -0.1) is 0 Å². The van der Waals surface area contributed by atoms with E-state index in [-0.39, 0.29) is 24.5 Å². The number of amides is 1. The van der Waals surface area contributed by atoms with Crippen LogP contribution in [0.15, 0.2) is 12.3 Å². The lowest BCUT2D eigenvalue weighted by Gasteiger charge is -2.18. The van der Waals surface area contributed by atoms with E-state index in [4.69, 9.17) is 4.74 Å². The molecule has 0 aliphatic carbocycles. The predicted molar refractivity (Wildman–Crippen MR) is 100 cm³/mol. The van der Waals surface area contributed by atoms with Crippen LogP contribution in [0.3, 0.4) is 0 Å². The van der Waals surface area contributed by atoms with Gasteiger partial charge in [-0.3, -0.25) is 4.79 Å². The van der Waals surface area contributed by atoms with Crippen molar-refractivity contribution < 1.29 is 14.3 Å². The molecule has 0 aromatic carbocycles. The molecule has 2 aromatic rings. The van der Waals surface area contributed by atoms with Gasteiger partial charge in [0.25, 0.3) is 5.91 Å². The van der Waals surface area contributed by atoms with Crippen LogP contribution in [0, 0.1) is 0 Å². The minimum absolute atomic E-state index is 0.121. The van der Waals surface area contributed by atoms with Crippen molar-refractivity contribution in [2.75, 3.05) is 19.7 Å². The SMILES string of the molecule is CCN(CC)C(=O)COC(=O)c1cc(C(C)C)nc2c1cnn2C(C)C. The minimum Gasteiger partial charge on any atom is -0.452 e. The maximum Gasteiger partial charge on any atom is 0.339 e. The molecule has 0 spiro atoms. The molecule has 0 saturated heterocycles. The molecular formula is C19H28N4O3. The van der Waals surface area contributed by atoms with Crippen molar-refractivity contribution in [2.45, 2.75) is 53.5 Å². The van der Waals surface area contributed by atoms with Crippen LogP contribution in [-0.4, -0.2) is 51.2 Å². The number of fused-ring (bicyclic) bond motifs is 1. The van der Waals surface area contributed by atoms with E-state index in [0.717, 1.165) is 5.69 Å². The molecule has 7 heteroatoms. The van der Waals surface area contributed by atoms with E-state index in [9.17, 15) is 9.59 Å². The molecule has 2 aromatic heterocycles. The first kappa shape index (κ1) is 19.9. The zero-order valence-electron chi connectivity index (χ0n) is 16.4. The summed E-state index contributed by atoms with van der Waals surface area (Å²) in [5.74, 6) is -0.572. The standard InChI is InChI=1S/C19H28N4O3/c1-7-22(8-2)17(24)11-26-19(25)14-9-16(12(3)4)21-18-15(14)10-20-23(18)13(5)6/h9-10,12-13H,7-8,11H2,1-6H3. The molecular weight excluding hydrogens is 332 g/mol. The summed E-state index contributed by atoms with van der Waals surface area (Å²) in [6.45, 7) is 12.8. The van der Waals surface area contributed by atoms with Crippen LogP contribution in [0.25, 0.3) is 11.0 Å². The molecule has 26 heavy (non-hydrogen) atoms. The van der Waals surface area contributed by atoms with Crippen LogP contribution >= 0.6 is 0 Å². The zero-order chi connectivity index (χ0) is 19.4. The second-order valence-corrected chi connectivity index (χ2v) is 6.81. The normalized spacial score (nSPS) is 11.4. The summed E-state index contributed by atoms with van der Waals surface area (Å²) in [6, 6.07) is 1.86. The summed E-state index contributed by atoms with van der Waals surface area (Å²) in [5.41, 5.74) is 1.85. The van der Waals surface area contributed by atoms with Crippen LogP contribution in [0.1, 0.15) is 69.6 Å². The van der Waals surface area contributed by atoms with E-state index in [1.54, 1.807) is 21.8 Å². The van der Waals surface area contributed by atoms with Gasteiger partial charge in [-0.05, 0) is 39.7 Å². The van der Waals surface area contributed by atoms with E-state index in [2.05, 4.69) is 10.1 Å². The number of nitrogens with zero attached hydrogens (tertiary/aromatic N) is 4. The van der Waals surface area contributed by atoms with E-state index in [0.29, 0.717) is 29.7 Å². The van der Waals surface area contributed by atoms with Crippen LogP contribution in [0.5, 0.6) is 0 Å². The Kier molecular flexibility index (Phi) is 6.34. The van der Waals surface area contributed by atoms with Gasteiger partial charge < -0.3 is 9.64 Å². The number of esters is 1. The molecule has 0 aliphatic rings. The molecule has 0 saturated carbocycles. The molecule has 0 fully saturated rings. The van der Waals surface area contributed by atoms with Crippen LogP contribution in [0.4, 0.5) is 0 Å². The van der Waals surface area contributed by atoms with Crippen molar-refractivity contribution in [1.82, 2.24) is 19.7 Å². The second-order valence-electron chi connectivity index (χ2n) is 6.81. The Balaban J connectivity index is 2.35. The highest BCUT2D eigenvalue weighted by Crippen LogP contribution is 2.24. The van der Waals surface area contributed by atoms with Crippen molar-refractivity contribution in [2.24, 2.45) is 0 Å². The lowest BCUT2D eigenvalue weighted by Crippen LogP contribution is -2.34. The summed E-state index contributed by atoms with van der Waals surface area (Å²) < 4.78 is 7.08. The Hall–Kier alpha value is -2.44. The first-order valence-electron chi connectivity index (χ1n) is 9.13. The largest absolute Gasteiger partial charge is 0.452 e. The van der Waals surface area contributed by atoms with Crippen LogP contribution < -0.4 is 0 Å². The van der Waals surface area contributed by atoms with Gasteiger partial charge >= 0.3 is 5.97 Å². The first-order chi connectivity index (χ1) is 12.3. The topological polar surface area (TPSA) is 77.3 Å². The van der Waals surface area contributed by atoms with Crippen molar-refractivity contribution >= 4 is 22.9 Å². The third-order valence-electron chi connectivity index (χ3n) is 4.33. The molecule has 0 radical (unpaired) electrons. The summed E-state index contributed by atoms with van der Waals surface area (Å²) in [7, 11) is 0. The van der Waals surface area contributed by atoms with Crippen molar-refractivity contribution in [1.29, 1.82) is 0 Å². The highest BCUT2D eigenvalue weighted by Gasteiger charge is 2.21. The van der Waals surface area contributed by atoms with Crippen molar-refractivity contribution in [3.63, 3.8) is 0 Å². The third-order valence-corrected chi connectivity index (χ3v) is 4.33. The molecule has 0 atom stereocenters. The maximum absolute atomic E-state index is 12.7. The van der Waals surface area contributed by atoms with Crippen molar-refractivity contribution in [3.8, 4) is 0 Å². The first-order valence-corrected chi connectivity index (χ1v) is 9.13. The van der Waals surface area contributed by atoms with Gasteiger partial charge in [0.15, 0.2) is 12.3 Å². The Labute approximate surface area is 154 Å². The average Bonchev–Trinajstić information content (AvgIpc) is 3.03. The van der Waals surface area contributed by atoms with Gasteiger partial charge in [-0.25, -0.2) is 14.5 Å². The predicted octanol–water partition coefficient (Wildman–Crippen LogP) is 3.16. The fourth-order valence-electron chi connectivity index (χ4n) is 2.75. The molecule has 1 amide bonds. The minimum atomic E-state index is -0.525. The smallest absolute Gasteiger partial charge is 0.339 e. The Morgan fingerprint density at radius 1 is 1.19 bits per heavy atom. The fourth-order valence-corrected chi connectivity index (χ4v) is 2.75. The number of carbonyl (C=O) groups excluding carboxylic acids is 2. The Morgan fingerprint density at radius 3 is 2.38 bits per heavy atom. The number of pyridine rings is 1. The molecule has 7 nitrogen and oxygen atoms in total. The highest BCUT2D eigenvalue weighted by molar-refractivity contribution is 6.03. The number of ether oxygens (including phenoxy) is 1. The molecule has 2 heterocycles. The van der Waals surface area contributed by atoms with E-state index in [1.165, 1.54) is 0 Å². The van der Waals surface area contributed by atoms with Crippen molar-refractivity contribution in [3.05, 3.63) is 23.5 Å². The molecule has 0 bridgehead atoms. The lowest BCUT2D eigenvalue weighted by molar-refractivity contribution is -0.134. The molecule has 0 N–H and O–H groups in total. The number of hydrogen-bond acceptors (Lipinski definition) is 5. The average molecular weight is 360 g/mol. The molecule has 0 aliphatic heterocycles. The van der Waals surface area contributed by atoms with Gasteiger partial charge in [0.2, 0.25) is 0 Å². The molecule has 0 unspecified atom stereocenters. The fraction of sp³-hybridized carbons (Fsp3) is 0.579. The van der Waals surface area contributed by atoms with E-state index in [1.807, 2.05) is 41.5 Å². The van der Waals surface area contributed by atoms with Gasteiger partial charge in [0, 0.05) is 24.8 Å². The summed E-state index contributed by atoms with van der Waals surface area (Å²) in [4.78, 5) is 31.0. The highest BCUT2D eigenvalue weighted by atomic mass is 16.5. The number of rotatable bonds is 7.